The van der Waals surface area contributed by atoms with Crippen molar-refractivity contribution >= 4 is 10.8 Å². The van der Waals surface area contributed by atoms with E-state index in [1.54, 1.807) is 0 Å². The molecule has 0 spiro atoms. The van der Waals surface area contributed by atoms with E-state index in [1.165, 1.54) is 10.9 Å². The van der Waals surface area contributed by atoms with Crippen molar-refractivity contribution in [3.63, 3.8) is 0 Å². The van der Waals surface area contributed by atoms with Crippen molar-refractivity contribution in [3.05, 3.63) is 60.2 Å². The molecule has 0 bridgehead atoms. The summed E-state index contributed by atoms with van der Waals surface area (Å²) in [6.45, 7) is 3.12. The molecular formula is C17H20N4. The van der Waals surface area contributed by atoms with Gasteiger partial charge in [-0.25, -0.2) is 0 Å². The molecule has 2 heterocycles. The van der Waals surface area contributed by atoms with Crippen LogP contribution in [0.1, 0.15) is 30.6 Å². The highest BCUT2D eigenvalue weighted by Crippen LogP contribution is 2.27. The van der Waals surface area contributed by atoms with Crippen LogP contribution in [0.3, 0.4) is 0 Å². The summed E-state index contributed by atoms with van der Waals surface area (Å²) in [7, 11) is 1.95. The van der Waals surface area contributed by atoms with Gasteiger partial charge in [-0.3, -0.25) is 9.67 Å². The van der Waals surface area contributed by atoms with Crippen molar-refractivity contribution in [2.24, 2.45) is 7.05 Å². The number of benzene rings is 1. The minimum absolute atomic E-state index is 0.0738. The van der Waals surface area contributed by atoms with Gasteiger partial charge in [0.2, 0.25) is 0 Å². The standard InChI is InChI=1S/C17H20N4/c1-3-9-19-17(16-8-10-21(2)20-16)15-12-18-11-13-6-4-5-7-14(13)15/h4-8,10-12,17,19H,3,9H2,1-2H3. The lowest BCUT2D eigenvalue weighted by atomic mass is 9.99. The molecule has 0 fully saturated rings. The van der Waals surface area contributed by atoms with Gasteiger partial charge in [-0.15, -0.1) is 0 Å². The fraction of sp³-hybridized carbons (Fsp3) is 0.294. The van der Waals surface area contributed by atoms with Crippen molar-refractivity contribution in [2.75, 3.05) is 6.54 Å². The van der Waals surface area contributed by atoms with E-state index in [9.17, 15) is 0 Å². The van der Waals surface area contributed by atoms with Crippen LogP contribution in [0.4, 0.5) is 0 Å². The molecule has 0 aliphatic rings. The lowest BCUT2D eigenvalue weighted by Gasteiger charge is -2.18. The molecule has 108 valence electrons. The zero-order valence-electron chi connectivity index (χ0n) is 12.5. The third kappa shape index (κ3) is 2.81. The number of hydrogen-bond acceptors (Lipinski definition) is 3. The largest absolute Gasteiger partial charge is 0.305 e. The number of nitrogens with one attached hydrogen (secondary N) is 1. The van der Waals surface area contributed by atoms with E-state index < -0.39 is 0 Å². The molecule has 0 saturated heterocycles. The molecule has 1 unspecified atom stereocenters. The van der Waals surface area contributed by atoms with Crippen LogP contribution in [0.2, 0.25) is 0 Å². The minimum Gasteiger partial charge on any atom is -0.305 e. The van der Waals surface area contributed by atoms with Crippen molar-refractivity contribution in [3.8, 4) is 0 Å². The van der Waals surface area contributed by atoms with Gasteiger partial charge in [-0.05, 0) is 24.4 Å². The highest BCUT2D eigenvalue weighted by Gasteiger charge is 2.18. The first-order valence-corrected chi connectivity index (χ1v) is 7.35. The average molecular weight is 280 g/mol. The molecule has 4 heteroatoms. The molecule has 1 N–H and O–H groups in total. The van der Waals surface area contributed by atoms with Crippen molar-refractivity contribution in [1.29, 1.82) is 0 Å². The number of fused-ring (bicyclic) bond motifs is 1. The first-order valence-electron chi connectivity index (χ1n) is 7.35. The molecule has 0 aliphatic heterocycles. The van der Waals surface area contributed by atoms with Crippen molar-refractivity contribution in [2.45, 2.75) is 19.4 Å². The molecular weight excluding hydrogens is 260 g/mol. The Morgan fingerprint density at radius 2 is 2.05 bits per heavy atom. The molecule has 0 aliphatic carbocycles. The summed E-state index contributed by atoms with van der Waals surface area (Å²) in [6.07, 6.45) is 6.93. The SMILES string of the molecule is CCCNC(c1ccn(C)n1)c1cncc2ccccc12. The van der Waals surface area contributed by atoms with Gasteiger partial charge in [-0.2, -0.15) is 5.10 Å². The Labute approximate surface area is 124 Å². The Morgan fingerprint density at radius 3 is 2.81 bits per heavy atom. The number of aryl methyl sites for hydroxylation is 1. The van der Waals surface area contributed by atoms with Crippen LogP contribution in [0.5, 0.6) is 0 Å². The molecule has 1 atom stereocenters. The summed E-state index contributed by atoms with van der Waals surface area (Å²) in [5, 5.41) is 10.6. The molecule has 1 aromatic carbocycles. The van der Waals surface area contributed by atoms with Gasteiger partial charge in [-0.1, -0.05) is 31.2 Å². The maximum atomic E-state index is 4.57. The van der Waals surface area contributed by atoms with E-state index in [0.717, 1.165) is 24.0 Å². The number of pyridine rings is 1. The number of nitrogens with zero attached hydrogens (tertiary/aromatic N) is 3. The second kappa shape index (κ2) is 6.06. The van der Waals surface area contributed by atoms with Gasteiger partial charge in [0, 0.05) is 36.6 Å². The zero-order valence-corrected chi connectivity index (χ0v) is 12.5. The Kier molecular flexibility index (Phi) is 3.97. The third-order valence-corrected chi connectivity index (χ3v) is 3.64. The quantitative estimate of drug-likeness (QED) is 0.781. The maximum Gasteiger partial charge on any atom is 0.0840 e. The zero-order chi connectivity index (χ0) is 14.7. The van der Waals surface area contributed by atoms with Crippen LogP contribution < -0.4 is 5.32 Å². The molecule has 0 saturated carbocycles. The van der Waals surface area contributed by atoms with E-state index in [-0.39, 0.29) is 6.04 Å². The highest BCUT2D eigenvalue weighted by atomic mass is 15.3. The summed E-state index contributed by atoms with van der Waals surface area (Å²) in [5.41, 5.74) is 2.21. The molecule has 2 aromatic heterocycles. The van der Waals surface area contributed by atoms with Gasteiger partial charge >= 0.3 is 0 Å². The lowest BCUT2D eigenvalue weighted by Crippen LogP contribution is -2.24. The first-order chi connectivity index (χ1) is 10.3. The summed E-state index contributed by atoms with van der Waals surface area (Å²) in [4.78, 5) is 4.40. The Balaban J connectivity index is 2.09. The second-order valence-corrected chi connectivity index (χ2v) is 5.25. The van der Waals surface area contributed by atoms with Crippen LogP contribution in [-0.4, -0.2) is 21.3 Å². The fourth-order valence-corrected chi connectivity index (χ4v) is 2.62. The Hall–Kier alpha value is -2.20. The first kappa shape index (κ1) is 13.8. The maximum absolute atomic E-state index is 4.57. The fourth-order valence-electron chi connectivity index (χ4n) is 2.62. The minimum atomic E-state index is 0.0738. The van der Waals surface area contributed by atoms with Gasteiger partial charge in [0.05, 0.1) is 11.7 Å². The summed E-state index contributed by atoms with van der Waals surface area (Å²) in [5.74, 6) is 0. The lowest BCUT2D eigenvalue weighted by molar-refractivity contribution is 0.577. The average Bonchev–Trinajstić information content (AvgIpc) is 2.94. The Bertz CT molecular complexity index is 727. The van der Waals surface area contributed by atoms with Crippen LogP contribution in [-0.2, 0) is 7.05 Å². The van der Waals surface area contributed by atoms with E-state index in [4.69, 9.17) is 0 Å². The molecule has 3 aromatic rings. The summed E-state index contributed by atoms with van der Waals surface area (Å²) >= 11 is 0. The Morgan fingerprint density at radius 1 is 1.19 bits per heavy atom. The molecule has 21 heavy (non-hydrogen) atoms. The number of rotatable bonds is 5. The molecule has 0 radical (unpaired) electrons. The normalized spacial score (nSPS) is 12.7. The van der Waals surface area contributed by atoms with Crippen molar-refractivity contribution in [1.82, 2.24) is 20.1 Å². The van der Waals surface area contributed by atoms with E-state index in [1.807, 2.05) is 36.4 Å². The van der Waals surface area contributed by atoms with Crippen LogP contribution >= 0.6 is 0 Å². The van der Waals surface area contributed by atoms with Crippen molar-refractivity contribution < 1.29 is 0 Å². The topological polar surface area (TPSA) is 42.7 Å². The van der Waals surface area contributed by atoms with E-state index in [0.29, 0.717) is 0 Å². The smallest absolute Gasteiger partial charge is 0.0840 e. The van der Waals surface area contributed by atoms with Crippen LogP contribution in [0.25, 0.3) is 10.8 Å². The van der Waals surface area contributed by atoms with Gasteiger partial charge in [0.15, 0.2) is 0 Å². The van der Waals surface area contributed by atoms with Crippen LogP contribution in [0, 0.1) is 0 Å². The van der Waals surface area contributed by atoms with Crippen LogP contribution in [0.15, 0.2) is 48.9 Å². The molecule has 4 nitrogen and oxygen atoms in total. The van der Waals surface area contributed by atoms with Gasteiger partial charge in [0.25, 0.3) is 0 Å². The molecule has 3 rings (SSSR count). The predicted octanol–water partition coefficient (Wildman–Crippen LogP) is 3.06. The highest BCUT2D eigenvalue weighted by molar-refractivity contribution is 5.85. The van der Waals surface area contributed by atoms with E-state index in [2.05, 4.69) is 46.6 Å². The number of aromatic nitrogens is 3. The number of hydrogen-bond donors (Lipinski definition) is 1. The predicted molar refractivity (Wildman–Crippen MR) is 85.1 cm³/mol. The molecule has 0 amide bonds. The third-order valence-electron chi connectivity index (χ3n) is 3.64. The summed E-state index contributed by atoms with van der Waals surface area (Å²) in [6, 6.07) is 10.5. The second-order valence-electron chi connectivity index (χ2n) is 5.25. The van der Waals surface area contributed by atoms with E-state index >= 15 is 0 Å². The van der Waals surface area contributed by atoms with Gasteiger partial charge < -0.3 is 5.32 Å². The summed E-state index contributed by atoms with van der Waals surface area (Å²) < 4.78 is 1.84. The monoisotopic (exact) mass is 280 g/mol. The van der Waals surface area contributed by atoms with Gasteiger partial charge in [0.1, 0.15) is 0 Å².